The smallest absolute Gasteiger partial charge is 0.265 e. The Kier molecular flexibility index (Phi) is 5.25. The monoisotopic (exact) mass is 330 g/mol. The van der Waals surface area contributed by atoms with E-state index in [9.17, 15) is 4.79 Å². The Bertz CT molecular complexity index is 643. The molecule has 1 aromatic heterocycles. The molecule has 122 valence electrons. The maximum Gasteiger partial charge on any atom is 0.265 e. The second-order valence-electron chi connectivity index (χ2n) is 5.74. The van der Waals surface area contributed by atoms with E-state index in [0.717, 1.165) is 37.6 Å². The lowest BCUT2D eigenvalue weighted by atomic mass is 10.0. The predicted octanol–water partition coefficient (Wildman–Crippen LogP) is 2.58. The molecule has 0 unspecified atom stereocenters. The normalized spacial score (nSPS) is 18.0. The van der Waals surface area contributed by atoms with E-state index in [0.29, 0.717) is 10.9 Å². The predicted molar refractivity (Wildman–Crippen MR) is 93.9 cm³/mol. The zero-order chi connectivity index (χ0) is 16.1. The van der Waals surface area contributed by atoms with Gasteiger partial charge in [0.05, 0.1) is 6.20 Å². The third kappa shape index (κ3) is 4.09. The third-order valence-electron chi connectivity index (χ3n) is 4.08. The van der Waals surface area contributed by atoms with Crippen molar-refractivity contribution in [2.24, 2.45) is 0 Å². The van der Waals surface area contributed by atoms with Gasteiger partial charge in [-0.3, -0.25) is 4.79 Å². The highest BCUT2D eigenvalue weighted by Crippen LogP contribution is 2.21. The van der Waals surface area contributed by atoms with Crippen LogP contribution in [0, 0.1) is 0 Å². The van der Waals surface area contributed by atoms with Crippen LogP contribution < -0.4 is 10.6 Å². The molecule has 0 spiro atoms. The molecule has 23 heavy (non-hydrogen) atoms. The lowest BCUT2D eigenvalue weighted by Gasteiger charge is -2.33. The first-order valence-corrected chi connectivity index (χ1v) is 8.78. The van der Waals surface area contributed by atoms with Crippen molar-refractivity contribution in [1.29, 1.82) is 0 Å². The topological polar surface area (TPSA) is 57.3 Å². The number of amides is 1. The van der Waals surface area contributed by atoms with E-state index < -0.39 is 0 Å². The summed E-state index contributed by atoms with van der Waals surface area (Å²) < 4.78 is 0. The summed E-state index contributed by atoms with van der Waals surface area (Å²) in [4.78, 5) is 19.4. The number of anilines is 1. The lowest BCUT2D eigenvalue weighted by Crippen LogP contribution is -2.47. The van der Waals surface area contributed by atoms with Crippen molar-refractivity contribution < 1.29 is 4.79 Å². The number of aromatic nitrogens is 1. The molecule has 0 bridgehead atoms. The van der Waals surface area contributed by atoms with Crippen molar-refractivity contribution in [2.75, 3.05) is 25.5 Å². The van der Waals surface area contributed by atoms with Crippen LogP contribution in [0.3, 0.4) is 0 Å². The molecule has 1 aliphatic rings. The summed E-state index contributed by atoms with van der Waals surface area (Å²) in [6.45, 7) is 2.44. The van der Waals surface area contributed by atoms with Gasteiger partial charge >= 0.3 is 0 Å². The fraction of sp³-hybridized carbons (Fsp3) is 0.412. The Balaban J connectivity index is 1.56. The second kappa shape index (κ2) is 7.57. The summed E-state index contributed by atoms with van der Waals surface area (Å²) in [5, 5.41) is 7.33. The maximum absolute atomic E-state index is 12.6. The summed E-state index contributed by atoms with van der Waals surface area (Å²) in [7, 11) is 1.82. The molecule has 0 aliphatic carbocycles. The van der Waals surface area contributed by atoms with Crippen LogP contribution in [0.1, 0.15) is 28.1 Å². The van der Waals surface area contributed by atoms with Crippen molar-refractivity contribution in [3.63, 3.8) is 0 Å². The fourth-order valence-corrected chi connectivity index (χ4v) is 3.57. The molecule has 2 heterocycles. The molecule has 1 fully saturated rings. The molecule has 2 N–H and O–H groups in total. The zero-order valence-electron chi connectivity index (χ0n) is 13.3. The van der Waals surface area contributed by atoms with Gasteiger partial charge in [-0.25, -0.2) is 4.98 Å². The third-order valence-corrected chi connectivity index (χ3v) is 5.08. The van der Waals surface area contributed by atoms with Gasteiger partial charge in [-0.15, -0.1) is 0 Å². The molecular weight excluding hydrogens is 308 g/mol. The average molecular weight is 330 g/mol. The van der Waals surface area contributed by atoms with Gasteiger partial charge in [-0.1, -0.05) is 41.7 Å². The Morgan fingerprint density at radius 3 is 2.96 bits per heavy atom. The van der Waals surface area contributed by atoms with E-state index in [-0.39, 0.29) is 5.91 Å². The highest BCUT2D eigenvalue weighted by Gasteiger charge is 2.25. The van der Waals surface area contributed by atoms with Crippen LogP contribution in [0.5, 0.6) is 0 Å². The van der Waals surface area contributed by atoms with Crippen molar-refractivity contribution >= 4 is 22.4 Å². The molecule has 1 saturated heterocycles. The molecule has 0 radical (unpaired) electrons. The van der Waals surface area contributed by atoms with E-state index in [4.69, 9.17) is 0 Å². The molecule has 2 aromatic rings. The SMILES string of the molecule is CNc1ncc(C(=O)N2CCC[C@@H](NCc3ccccc3)C2)s1. The summed E-state index contributed by atoms with van der Waals surface area (Å²) in [5.74, 6) is 0.0928. The zero-order valence-corrected chi connectivity index (χ0v) is 14.1. The Labute approximate surface area is 140 Å². The fourth-order valence-electron chi connectivity index (χ4n) is 2.83. The number of nitrogens with one attached hydrogen (secondary N) is 2. The second-order valence-corrected chi connectivity index (χ2v) is 6.77. The molecule has 1 aromatic carbocycles. The van der Waals surface area contributed by atoms with Gasteiger partial charge in [0.1, 0.15) is 4.88 Å². The van der Waals surface area contributed by atoms with Crippen LogP contribution in [0.4, 0.5) is 5.13 Å². The lowest BCUT2D eigenvalue weighted by molar-refractivity contribution is 0.0699. The molecule has 3 rings (SSSR count). The minimum atomic E-state index is 0.0928. The Morgan fingerprint density at radius 2 is 2.22 bits per heavy atom. The van der Waals surface area contributed by atoms with Crippen molar-refractivity contribution in [1.82, 2.24) is 15.2 Å². The Morgan fingerprint density at radius 1 is 1.39 bits per heavy atom. The molecule has 1 atom stereocenters. The van der Waals surface area contributed by atoms with E-state index >= 15 is 0 Å². The van der Waals surface area contributed by atoms with Gasteiger partial charge in [0.2, 0.25) is 0 Å². The van der Waals surface area contributed by atoms with Crippen LogP contribution in [-0.4, -0.2) is 42.0 Å². The molecular formula is C17H22N4OS. The molecule has 5 nitrogen and oxygen atoms in total. The number of carbonyl (C=O) groups excluding carboxylic acids is 1. The van der Waals surface area contributed by atoms with Crippen molar-refractivity contribution in [3.8, 4) is 0 Å². The standard InChI is InChI=1S/C17H22N4OS/c1-18-17-20-11-15(23-17)16(22)21-9-5-8-14(12-21)19-10-13-6-3-2-4-7-13/h2-4,6-7,11,14,19H,5,8-10,12H2,1H3,(H,18,20)/t14-/m1/s1. The highest BCUT2D eigenvalue weighted by molar-refractivity contribution is 7.17. The van der Waals surface area contributed by atoms with Crippen molar-refractivity contribution in [3.05, 3.63) is 47.0 Å². The molecule has 0 saturated carbocycles. The molecule has 1 aliphatic heterocycles. The van der Waals surface area contributed by atoms with Crippen LogP contribution in [-0.2, 0) is 6.54 Å². The number of benzene rings is 1. The molecule has 6 heteroatoms. The first-order chi connectivity index (χ1) is 11.3. The van der Waals surface area contributed by atoms with E-state index in [1.165, 1.54) is 16.9 Å². The number of nitrogens with zero attached hydrogens (tertiary/aromatic N) is 2. The van der Waals surface area contributed by atoms with Gasteiger partial charge in [-0.2, -0.15) is 0 Å². The number of hydrogen-bond donors (Lipinski definition) is 2. The van der Waals surface area contributed by atoms with Gasteiger partial charge < -0.3 is 15.5 Å². The number of thiazole rings is 1. The summed E-state index contributed by atoms with van der Waals surface area (Å²) >= 11 is 1.41. The minimum absolute atomic E-state index is 0.0928. The van der Waals surface area contributed by atoms with Crippen LogP contribution in [0.15, 0.2) is 36.5 Å². The van der Waals surface area contributed by atoms with Gasteiger partial charge in [-0.05, 0) is 18.4 Å². The van der Waals surface area contributed by atoms with Crippen LogP contribution in [0.25, 0.3) is 0 Å². The number of piperidine rings is 1. The molecule has 1 amide bonds. The van der Waals surface area contributed by atoms with Gasteiger partial charge in [0, 0.05) is 32.7 Å². The average Bonchev–Trinajstić information content (AvgIpc) is 3.10. The van der Waals surface area contributed by atoms with Crippen LogP contribution in [0.2, 0.25) is 0 Å². The first-order valence-electron chi connectivity index (χ1n) is 7.96. The number of carbonyl (C=O) groups is 1. The van der Waals surface area contributed by atoms with E-state index in [2.05, 4.69) is 39.9 Å². The van der Waals surface area contributed by atoms with E-state index in [1.807, 2.05) is 18.0 Å². The summed E-state index contributed by atoms with van der Waals surface area (Å²) in [6.07, 6.45) is 3.82. The van der Waals surface area contributed by atoms with Gasteiger partial charge in [0.15, 0.2) is 5.13 Å². The largest absolute Gasteiger partial charge is 0.365 e. The van der Waals surface area contributed by atoms with Gasteiger partial charge in [0.25, 0.3) is 5.91 Å². The highest BCUT2D eigenvalue weighted by atomic mass is 32.1. The van der Waals surface area contributed by atoms with Crippen LogP contribution >= 0.6 is 11.3 Å². The van der Waals surface area contributed by atoms with Crippen molar-refractivity contribution in [2.45, 2.75) is 25.4 Å². The Hall–Kier alpha value is -1.92. The number of likely N-dealkylation sites (tertiary alicyclic amines) is 1. The van der Waals surface area contributed by atoms with E-state index in [1.54, 1.807) is 6.20 Å². The number of hydrogen-bond acceptors (Lipinski definition) is 5. The number of rotatable bonds is 5. The summed E-state index contributed by atoms with van der Waals surface area (Å²) in [5.41, 5.74) is 1.28. The maximum atomic E-state index is 12.6. The summed E-state index contributed by atoms with van der Waals surface area (Å²) in [6, 6.07) is 10.7. The quantitative estimate of drug-likeness (QED) is 0.885. The first kappa shape index (κ1) is 16.0. The minimum Gasteiger partial charge on any atom is -0.365 e.